The molecule has 3 unspecified atom stereocenters. The summed E-state index contributed by atoms with van der Waals surface area (Å²) in [4.78, 5) is 2.24. The van der Waals surface area contributed by atoms with Crippen LogP contribution in [0.2, 0.25) is 0 Å². The van der Waals surface area contributed by atoms with Crippen molar-refractivity contribution in [3.05, 3.63) is 35.6 Å². The Labute approximate surface area is 108 Å². The molecule has 1 aliphatic rings. The van der Waals surface area contributed by atoms with Crippen molar-refractivity contribution < 1.29 is 9.13 Å². The third kappa shape index (κ3) is 3.07. The van der Waals surface area contributed by atoms with Gasteiger partial charge in [-0.1, -0.05) is 12.1 Å². The van der Waals surface area contributed by atoms with Crippen LogP contribution in [0.25, 0.3) is 0 Å². The minimum atomic E-state index is -0.225. The van der Waals surface area contributed by atoms with Crippen molar-refractivity contribution in [2.45, 2.75) is 31.5 Å². The van der Waals surface area contributed by atoms with Crippen LogP contribution in [0.15, 0.2) is 24.3 Å². The largest absolute Gasteiger partial charge is 0.377 e. The second-order valence-corrected chi connectivity index (χ2v) is 5.03. The molecule has 1 aromatic rings. The molecule has 1 saturated heterocycles. The molecule has 0 spiro atoms. The maximum absolute atomic E-state index is 12.8. The normalized spacial score (nSPS) is 25.6. The summed E-state index contributed by atoms with van der Waals surface area (Å²) < 4.78 is 18.4. The van der Waals surface area contributed by atoms with Crippen molar-refractivity contribution in [3.8, 4) is 0 Å². The first-order valence-corrected chi connectivity index (χ1v) is 6.41. The van der Waals surface area contributed by atoms with Gasteiger partial charge in [0.25, 0.3) is 0 Å². The summed E-state index contributed by atoms with van der Waals surface area (Å²) in [6.45, 7) is 3.67. The molecule has 0 amide bonds. The minimum Gasteiger partial charge on any atom is -0.377 e. The summed E-state index contributed by atoms with van der Waals surface area (Å²) in [5.41, 5.74) is 7.12. The zero-order valence-electron chi connectivity index (χ0n) is 11.0. The van der Waals surface area contributed by atoms with E-state index in [1.54, 1.807) is 12.1 Å². The van der Waals surface area contributed by atoms with Gasteiger partial charge in [-0.15, -0.1) is 0 Å². The number of hydrogen-bond donors (Lipinski definition) is 1. The number of benzene rings is 1. The monoisotopic (exact) mass is 252 g/mol. The van der Waals surface area contributed by atoms with E-state index in [1.165, 1.54) is 12.1 Å². The lowest BCUT2D eigenvalue weighted by molar-refractivity contribution is 0.0818. The Morgan fingerprint density at radius 3 is 2.67 bits per heavy atom. The number of likely N-dealkylation sites (N-methyl/N-ethyl adjacent to an activating group) is 1. The van der Waals surface area contributed by atoms with Crippen LogP contribution >= 0.6 is 0 Å². The Balaban J connectivity index is 1.94. The second kappa shape index (κ2) is 5.78. The van der Waals surface area contributed by atoms with Crippen LogP contribution in [0.5, 0.6) is 0 Å². The molecule has 1 heterocycles. The number of halogens is 1. The molecule has 0 radical (unpaired) electrons. The van der Waals surface area contributed by atoms with Gasteiger partial charge in [-0.25, -0.2) is 4.39 Å². The van der Waals surface area contributed by atoms with Crippen molar-refractivity contribution in [1.29, 1.82) is 0 Å². The Kier molecular flexibility index (Phi) is 4.32. The zero-order valence-corrected chi connectivity index (χ0v) is 11.0. The van der Waals surface area contributed by atoms with Crippen molar-refractivity contribution in [1.82, 2.24) is 4.90 Å². The maximum Gasteiger partial charge on any atom is 0.123 e. The molecule has 2 rings (SSSR count). The SMILES string of the molecule is CC1OCCC1N(C)CC(N)c1ccc(F)cc1. The molecule has 2 N–H and O–H groups in total. The first-order valence-electron chi connectivity index (χ1n) is 6.41. The third-order valence-electron chi connectivity index (χ3n) is 3.69. The van der Waals surface area contributed by atoms with Gasteiger partial charge >= 0.3 is 0 Å². The highest BCUT2D eigenvalue weighted by atomic mass is 19.1. The molecule has 100 valence electrons. The van der Waals surface area contributed by atoms with Crippen LogP contribution < -0.4 is 5.73 Å². The Bertz CT molecular complexity index is 382. The van der Waals surface area contributed by atoms with Gasteiger partial charge < -0.3 is 10.5 Å². The van der Waals surface area contributed by atoms with Crippen LogP contribution in [0.1, 0.15) is 24.9 Å². The van der Waals surface area contributed by atoms with Gasteiger partial charge in [0.15, 0.2) is 0 Å². The van der Waals surface area contributed by atoms with Crippen LogP contribution in [-0.2, 0) is 4.74 Å². The van der Waals surface area contributed by atoms with Crippen molar-refractivity contribution in [2.75, 3.05) is 20.2 Å². The molecule has 0 bridgehead atoms. The van der Waals surface area contributed by atoms with E-state index >= 15 is 0 Å². The quantitative estimate of drug-likeness (QED) is 0.890. The molecule has 3 atom stereocenters. The van der Waals surface area contributed by atoms with Crippen LogP contribution in [0.4, 0.5) is 4.39 Å². The maximum atomic E-state index is 12.8. The topological polar surface area (TPSA) is 38.5 Å². The molecule has 18 heavy (non-hydrogen) atoms. The lowest BCUT2D eigenvalue weighted by Crippen LogP contribution is -2.40. The molecule has 1 aromatic carbocycles. The molecule has 1 aliphatic heterocycles. The van der Waals surface area contributed by atoms with Crippen molar-refractivity contribution >= 4 is 0 Å². The molecule has 4 heteroatoms. The number of ether oxygens (including phenoxy) is 1. The van der Waals surface area contributed by atoms with Crippen molar-refractivity contribution in [3.63, 3.8) is 0 Å². The molecule has 0 saturated carbocycles. The Morgan fingerprint density at radius 2 is 2.11 bits per heavy atom. The fraction of sp³-hybridized carbons (Fsp3) is 0.571. The summed E-state index contributed by atoms with van der Waals surface area (Å²) in [6.07, 6.45) is 1.31. The average molecular weight is 252 g/mol. The molecular formula is C14H21FN2O. The van der Waals surface area contributed by atoms with Crippen LogP contribution in [-0.4, -0.2) is 37.2 Å². The van der Waals surface area contributed by atoms with Crippen LogP contribution in [0, 0.1) is 5.82 Å². The number of hydrogen-bond acceptors (Lipinski definition) is 3. The highest BCUT2D eigenvalue weighted by molar-refractivity contribution is 5.19. The van der Waals surface area contributed by atoms with E-state index in [0.717, 1.165) is 25.1 Å². The molecular weight excluding hydrogens is 231 g/mol. The lowest BCUT2D eigenvalue weighted by Gasteiger charge is -2.29. The highest BCUT2D eigenvalue weighted by Crippen LogP contribution is 2.20. The number of nitrogens with zero attached hydrogens (tertiary/aromatic N) is 1. The van der Waals surface area contributed by atoms with Crippen molar-refractivity contribution in [2.24, 2.45) is 5.73 Å². The zero-order chi connectivity index (χ0) is 13.1. The highest BCUT2D eigenvalue weighted by Gasteiger charge is 2.28. The molecule has 0 aromatic heterocycles. The van der Waals surface area contributed by atoms with Crippen LogP contribution in [0.3, 0.4) is 0 Å². The number of rotatable bonds is 4. The van der Waals surface area contributed by atoms with E-state index in [0.29, 0.717) is 6.04 Å². The van der Waals surface area contributed by atoms with E-state index in [-0.39, 0.29) is 18.0 Å². The molecule has 0 aliphatic carbocycles. The lowest BCUT2D eigenvalue weighted by atomic mass is 10.1. The number of nitrogens with two attached hydrogens (primary N) is 1. The summed E-state index contributed by atoms with van der Waals surface area (Å²) in [5, 5.41) is 0. The average Bonchev–Trinajstić information content (AvgIpc) is 2.76. The first-order chi connectivity index (χ1) is 8.58. The predicted molar refractivity (Wildman–Crippen MR) is 69.8 cm³/mol. The Hall–Kier alpha value is -0.970. The summed E-state index contributed by atoms with van der Waals surface area (Å²) in [7, 11) is 2.07. The summed E-state index contributed by atoms with van der Waals surface area (Å²) >= 11 is 0. The van der Waals surface area contributed by atoms with E-state index < -0.39 is 0 Å². The van der Waals surface area contributed by atoms with E-state index in [4.69, 9.17) is 10.5 Å². The smallest absolute Gasteiger partial charge is 0.123 e. The first kappa shape index (κ1) is 13.5. The summed E-state index contributed by atoms with van der Waals surface area (Å²) in [5.74, 6) is -0.225. The summed E-state index contributed by atoms with van der Waals surface area (Å²) in [6, 6.07) is 6.75. The molecule has 3 nitrogen and oxygen atoms in total. The fourth-order valence-corrected chi connectivity index (χ4v) is 2.56. The van der Waals surface area contributed by atoms with E-state index in [2.05, 4.69) is 18.9 Å². The third-order valence-corrected chi connectivity index (χ3v) is 3.69. The Morgan fingerprint density at radius 1 is 1.44 bits per heavy atom. The van der Waals surface area contributed by atoms with Gasteiger partial charge in [0.2, 0.25) is 0 Å². The standard InChI is InChI=1S/C14H21FN2O/c1-10-14(7-8-18-10)17(2)9-13(16)11-3-5-12(15)6-4-11/h3-6,10,13-14H,7-9,16H2,1-2H3. The molecule has 1 fully saturated rings. The van der Waals surface area contributed by atoms with Gasteiger partial charge in [-0.05, 0) is 38.1 Å². The predicted octanol–water partition coefficient (Wildman–Crippen LogP) is 1.93. The van der Waals surface area contributed by atoms with Gasteiger partial charge in [-0.2, -0.15) is 0 Å². The van der Waals surface area contributed by atoms with Gasteiger partial charge in [0.1, 0.15) is 5.82 Å². The van der Waals surface area contributed by atoms with Gasteiger partial charge in [0.05, 0.1) is 6.10 Å². The van der Waals surface area contributed by atoms with Gasteiger partial charge in [-0.3, -0.25) is 4.90 Å². The minimum absolute atomic E-state index is 0.0941. The fourth-order valence-electron chi connectivity index (χ4n) is 2.56. The van der Waals surface area contributed by atoms with E-state index in [1.807, 2.05) is 0 Å². The second-order valence-electron chi connectivity index (χ2n) is 5.03. The van der Waals surface area contributed by atoms with Gasteiger partial charge in [0, 0.05) is 25.2 Å². The van der Waals surface area contributed by atoms with E-state index in [9.17, 15) is 4.39 Å².